The summed E-state index contributed by atoms with van der Waals surface area (Å²) in [6.45, 7) is 10.2. The Morgan fingerprint density at radius 2 is 1.46 bits per heavy atom. The zero-order valence-corrected chi connectivity index (χ0v) is 36.0. The van der Waals surface area contributed by atoms with Gasteiger partial charge in [-0.2, -0.15) is 0 Å². The first-order valence-corrected chi connectivity index (χ1v) is 21.4. The molecular weight excluding hydrogens is 765 g/mol. The molecule has 1 heterocycles. The standard InChI is InChI=1S/C47H58N4O7S/c1-7-58-42(53)26-25-41(52)50(5)27-28-51(32(4)31(2)3)30-35-11-10-12-37(29-35)44(54)49-46-43(39-13-8-9-14-40(39)59-46)45(55)48-38-23-19-34(20-24-38)16-15-33-17-21-36(22-18-33)47(56)57-6/h10-12,17-24,29,31-32H,7-9,13-16,25-28,30H2,1-6H3,(H,48,55)(H,49,54)/t32-/m1/s1. The van der Waals surface area contributed by atoms with E-state index in [9.17, 15) is 24.0 Å². The first-order valence-electron chi connectivity index (χ1n) is 20.6. The molecule has 0 unspecified atom stereocenters. The number of rotatable bonds is 19. The van der Waals surface area contributed by atoms with Gasteiger partial charge in [0.05, 0.1) is 31.3 Å². The maximum Gasteiger partial charge on any atom is 0.337 e. The molecule has 0 aliphatic heterocycles. The minimum Gasteiger partial charge on any atom is -0.466 e. The number of carbonyl (C=O) groups is 5. The van der Waals surface area contributed by atoms with Crippen LogP contribution >= 0.6 is 11.3 Å². The zero-order valence-electron chi connectivity index (χ0n) is 35.2. The molecule has 0 radical (unpaired) electrons. The predicted molar refractivity (Wildman–Crippen MR) is 233 cm³/mol. The van der Waals surface area contributed by atoms with E-state index in [2.05, 4.69) is 36.3 Å². The average Bonchev–Trinajstić information content (AvgIpc) is 3.61. The molecule has 1 aromatic heterocycles. The maximum absolute atomic E-state index is 14.0. The molecule has 314 valence electrons. The number of carbonyl (C=O) groups excluding carboxylic acids is 5. The maximum atomic E-state index is 14.0. The lowest BCUT2D eigenvalue weighted by Gasteiger charge is -2.33. The minimum atomic E-state index is -0.371. The Morgan fingerprint density at radius 1 is 0.780 bits per heavy atom. The number of thiophene rings is 1. The number of esters is 2. The van der Waals surface area contributed by atoms with Gasteiger partial charge in [0.15, 0.2) is 0 Å². The van der Waals surface area contributed by atoms with Gasteiger partial charge in [0.2, 0.25) is 5.91 Å². The van der Waals surface area contributed by atoms with Gasteiger partial charge < -0.3 is 25.0 Å². The Labute approximate surface area is 352 Å². The molecule has 4 aromatic rings. The van der Waals surface area contributed by atoms with E-state index >= 15 is 0 Å². The number of anilines is 2. The molecule has 2 N–H and O–H groups in total. The highest BCUT2D eigenvalue weighted by Crippen LogP contribution is 2.39. The fourth-order valence-electron chi connectivity index (χ4n) is 7.16. The molecule has 0 saturated heterocycles. The molecule has 3 aromatic carbocycles. The van der Waals surface area contributed by atoms with Crippen molar-refractivity contribution in [2.45, 2.75) is 91.6 Å². The van der Waals surface area contributed by atoms with E-state index in [1.165, 1.54) is 18.4 Å². The third-order valence-electron chi connectivity index (χ3n) is 11.0. The Kier molecular flexibility index (Phi) is 16.4. The van der Waals surface area contributed by atoms with Crippen LogP contribution in [0.5, 0.6) is 0 Å². The molecule has 0 fully saturated rings. The molecule has 1 aliphatic rings. The van der Waals surface area contributed by atoms with Gasteiger partial charge in [0, 0.05) is 55.3 Å². The van der Waals surface area contributed by atoms with Crippen molar-refractivity contribution in [3.8, 4) is 0 Å². The van der Waals surface area contributed by atoms with Gasteiger partial charge in [-0.05, 0) is 117 Å². The molecule has 0 spiro atoms. The molecule has 59 heavy (non-hydrogen) atoms. The number of methoxy groups -OCH3 is 1. The monoisotopic (exact) mass is 822 g/mol. The van der Waals surface area contributed by atoms with Gasteiger partial charge in [-0.15, -0.1) is 11.3 Å². The molecule has 12 heteroatoms. The number of fused-ring (bicyclic) bond motifs is 1. The quantitative estimate of drug-likeness (QED) is 0.0902. The summed E-state index contributed by atoms with van der Waals surface area (Å²) in [5.41, 5.74) is 6.44. The third-order valence-corrected chi connectivity index (χ3v) is 12.2. The second-order valence-electron chi connectivity index (χ2n) is 15.5. The Hall–Kier alpha value is -5.33. The van der Waals surface area contributed by atoms with Gasteiger partial charge >= 0.3 is 11.9 Å². The Morgan fingerprint density at radius 3 is 2.12 bits per heavy atom. The van der Waals surface area contributed by atoms with E-state index in [0.717, 1.165) is 65.7 Å². The van der Waals surface area contributed by atoms with E-state index in [1.54, 1.807) is 37.1 Å². The summed E-state index contributed by atoms with van der Waals surface area (Å²) in [7, 11) is 3.12. The average molecular weight is 823 g/mol. The minimum absolute atomic E-state index is 0.0621. The molecule has 5 rings (SSSR count). The molecule has 1 atom stereocenters. The lowest BCUT2D eigenvalue weighted by atomic mass is 9.95. The van der Waals surface area contributed by atoms with Gasteiger partial charge in [0.25, 0.3) is 11.8 Å². The first kappa shape index (κ1) is 44.8. The number of benzene rings is 3. The normalized spacial score (nSPS) is 12.7. The van der Waals surface area contributed by atoms with Crippen LogP contribution in [0.1, 0.15) is 112 Å². The number of hydrogen-bond acceptors (Lipinski definition) is 9. The van der Waals surface area contributed by atoms with Gasteiger partial charge in [0.1, 0.15) is 5.00 Å². The van der Waals surface area contributed by atoms with Crippen molar-refractivity contribution in [1.29, 1.82) is 0 Å². The second kappa shape index (κ2) is 21.6. The molecule has 1 aliphatic carbocycles. The molecular formula is C47H58N4O7S. The van der Waals surface area contributed by atoms with E-state index in [4.69, 9.17) is 9.47 Å². The highest BCUT2D eigenvalue weighted by molar-refractivity contribution is 7.17. The molecule has 0 saturated carbocycles. The number of aryl methyl sites for hydroxylation is 3. The highest BCUT2D eigenvalue weighted by atomic mass is 32.1. The van der Waals surface area contributed by atoms with Gasteiger partial charge in [-0.3, -0.25) is 24.1 Å². The lowest BCUT2D eigenvalue weighted by molar-refractivity contribution is -0.145. The van der Waals surface area contributed by atoms with E-state index in [-0.39, 0.29) is 48.5 Å². The van der Waals surface area contributed by atoms with Crippen LogP contribution < -0.4 is 10.6 Å². The van der Waals surface area contributed by atoms with Crippen molar-refractivity contribution in [2.24, 2.45) is 5.92 Å². The van der Waals surface area contributed by atoms with Crippen LogP contribution in [0.4, 0.5) is 10.7 Å². The summed E-state index contributed by atoms with van der Waals surface area (Å²) in [5.74, 6) is -1.00. The van der Waals surface area contributed by atoms with E-state index in [0.29, 0.717) is 59.5 Å². The Balaban J connectivity index is 1.23. The Bertz CT molecular complexity index is 2080. The van der Waals surface area contributed by atoms with Crippen molar-refractivity contribution in [3.63, 3.8) is 0 Å². The van der Waals surface area contributed by atoms with Crippen LogP contribution in [-0.4, -0.2) is 79.4 Å². The largest absolute Gasteiger partial charge is 0.466 e. The summed E-state index contributed by atoms with van der Waals surface area (Å²) >= 11 is 1.49. The number of nitrogens with one attached hydrogen (secondary N) is 2. The smallest absolute Gasteiger partial charge is 0.337 e. The van der Waals surface area contributed by atoms with Crippen molar-refractivity contribution in [3.05, 3.63) is 117 Å². The summed E-state index contributed by atoms with van der Waals surface area (Å²) in [5, 5.41) is 6.76. The van der Waals surface area contributed by atoms with Crippen LogP contribution in [-0.2, 0) is 51.3 Å². The third kappa shape index (κ3) is 12.6. The predicted octanol–water partition coefficient (Wildman–Crippen LogP) is 8.35. The number of ether oxygens (including phenoxy) is 2. The van der Waals surface area contributed by atoms with Crippen LogP contribution in [0, 0.1) is 5.92 Å². The fraction of sp³-hybridized carbons (Fsp3) is 0.426. The summed E-state index contributed by atoms with van der Waals surface area (Å²) in [6, 6.07) is 23.0. The molecule has 0 bridgehead atoms. The summed E-state index contributed by atoms with van der Waals surface area (Å²) in [6.07, 6.45) is 5.47. The second-order valence-corrected chi connectivity index (χ2v) is 16.6. The van der Waals surface area contributed by atoms with Crippen LogP contribution in [0.15, 0.2) is 72.8 Å². The number of amides is 3. The van der Waals surface area contributed by atoms with Gasteiger partial charge in [-0.1, -0.05) is 50.2 Å². The van der Waals surface area contributed by atoms with Gasteiger partial charge in [-0.25, -0.2) is 4.79 Å². The van der Waals surface area contributed by atoms with Crippen molar-refractivity contribution in [1.82, 2.24) is 9.80 Å². The van der Waals surface area contributed by atoms with Crippen LogP contribution in [0.3, 0.4) is 0 Å². The first-order chi connectivity index (χ1) is 28.4. The van der Waals surface area contributed by atoms with Crippen molar-refractivity contribution < 1.29 is 33.4 Å². The molecule has 3 amide bonds. The number of nitrogens with zero attached hydrogens (tertiary/aromatic N) is 2. The zero-order chi connectivity index (χ0) is 42.5. The lowest BCUT2D eigenvalue weighted by Crippen LogP contribution is -2.42. The number of hydrogen-bond donors (Lipinski definition) is 2. The van der Waals surface area contributed by atoms with Crippen LogP contribution in [0.2, 0.25) is 0 Å². The van der Waals surface area contributed by atoms with Crippen LogP contribution in [0.25, 0.3) is 0 Å². The molecule has 11 nitrogen and oxygen atoms in total. The number of likely N-dealkylation sites (N-methyl/N-ethyl adjacent to an activating group) is 1. The topological polar surface area (TPSA) is 134 Å². The summed E-state index contributed by atoms with van der Waals surface area (Å²) in [4.78, 5) is 69.2. The summed E-state index contributed by atoms with van der Waals surface area (Å²) < 4.78 is 9.75. The van der Waals surface area contributed by atoms with E-state index in [1.807, 2.05) is 54.6 Å². The SMILES string of the molecule is CCOC(=O)CCC(=O)N(C)CCN(Cc1cccc(C(=O)Nc2sc3c(c2C(=O)Nc2ccc(CCc4ccc(C(=O)OC)cc4)cc2)CCCC3)c1)[C@H](C)C(C)C. The highest BCUT2D eigenvalue weighted by Gasteiger charge is 2.27. The van der Waals surface area contributed by atoms with Crippen molar-refractivity contribution in [2.75, 3.05) is 44.5 Å². The fourth-order valence-corrected chi connectivity index (χ4v) is 8.44. The van der Waals surface area contributed by atoms with Crippen molar-refractivity contribution >= 4 is 51.7 Å². The van der Waals surface area contributed by atoms with E-state index < -0.39 is 0 Å².